The highest BCUT2D eigenvalue weighted by Crippen LogP contribution is 2.25. The zero-order valence-electron chi connectivity index (χ0n) is 11.6. The predicted molar refractivity (Wildman–Crippen MR) is 85.1 cm³/mol. The SMILES string of the molecule is COc1ccc(-c2ccc(CC(C)(C)Br)cc2)cc1. The molecule has 2 aromatic rings. The first-order valence-electron chi connectivity index (χ1n) is 6.40. The largest absolute Gasteiger partial charge is 0.497 e. The lowest BCUT2D eigenvalue weighted by Crippen LogP contribution is -2.12. The van der Waals surface area contributed by atoms with Crippen LogP contribution in [-0.4, -0.2) is 11.4 Å². The van der Waals surface area contributed by atoms with E-state index in [1.165, 1.54) is 16.7 Å². The lowest BCUT2D eigenvalue weighted by atomic mass is 9.99. The number of hydrogen-bond acceptors (Lipinski definition) is 1. The highest BCUT2D eigenvalue weighted by Gasteiger charge is 2.13. The van der Waals surface area contributed by atoms with Gasteiger partial charge in [0, 0.05) is 4.32 Å². The number of hydrogen-bond donors (Lipinski definition) is 0. The predicted octanol–water partition coefficient (Wildman–Crippen LogP) is 5.08. The summed E-state index contributed by atoms with van der Waals surface area (Å²) in [6, 6.07) is 16.9. The fourth-order valence-electron chi connectivity index (χ4n) is 2.08. The Labute approximate surface area is 123 Å². The summed E-state index contributed by atoms with van der Waals surface area (Å²) in [4.78, 5) is 0. The molecule has 0 saturated heterocycles. The lowest BCUT2D eigenvalue weighted by molar-refractivity contribution is 0.415. The number of halogens is 1. The lowest BCUT2D eigenvalue weighted by Gasteiger charge is -2.16. The summed E-state index contributed by atoms with van der Waals surface area (Å²) in [5.41, 5.74) is 3.79. The second kappa shape index (κ2) is 5.79. The number of benzene rings is 2. The van der Waals surface area contributed by atoms with Crippen LogP contribution in [0.4, 0.5) is 0 Å². The van der Waals surface area contributed by atoms with Crippen LogP contribution in [-0.2, 0) is 6.42 Å². The molecule has 0 saturated carbocycles. The zero-order valence-corrected chi connectivity index (χ0v) is 13.2. The van der Waals surface area contributed by atoms with E-state index in [0.29, 0.717) is 0 Å². The first kappa shape index (κ1) is 14.1. The van der Waals surface area contributed by atoms with Crippen molar-refractivity contribution in [1.82, 2.24) is 0 Å². The van der Waals surface area contributed by atoms with Gasteiger partial charge in [-0.25, -0.2) is 0 Å². The third-order valence-corrected chi connectivity index (χ3v) is 3.28. The molecule has 100 valence electrons. The number of ether oxygens (including phenoxy) is 1. The molecule has 0 radical (unpaired) electrons. The molecule has 0 N–H and O–H groups in total. The van der Waals surface area contributed by atoms with Gasteiger partial charge in [0.05, 0.1) is 7.11 Å². The zero-order chi connectivity index (χ0) is 13.9. The maximum Gasteiger partial charge on any atom is 0.118 e. The van der Waals surface area contributed by atoms with E-state index in [4.69, 9.17) is 4.74 Å². The van der Waals surface area contributed by atoms with Gasteiger partial charge in [-0.05, 0) is 49.1 Å². The van der Waals surface area contributed by atoms with E-state index < -0.39 is 0 Å². The summed E-state index contributed by atoms with van der Waals surface area (Å²) in [5, 5.41) is 0. The molecule has 0 spiro atoms. The number of alkyl halides is 1. The third kappa shape index (κ3) is 4.10. The van der Waals surface area contributed by atoms with Crippen LogP contribution in [0.5, 0.6) is 5.75 Å². The van der Waals surface area contributed by atoms with Crippen molar-refractivity contribution in [3.63, 3.8) is 0 Å². The van der Waals surface area contributed by atoms with Crippen LogP contribution in [0, 0.1) is 0 Å². The van der Waals surface area contributed by atoms with Gasteiger partial charge < -0.3 is 4.74 Å². The maximum absolute atomic E-state index is 5.17. The third-order valence-electron chi connectivity index (χ3n) is 3.00. The van der Waals surface area contributed by atoms with Crippen LogP contribution in [0.3, 0.4) is 0 Å². The molecule has 0 heterocycles. The monoisotopic (exact) mass is 318 g/mol. The van der Waals surface area contributed by atoms with Gasteiger partial charge in [-0.3, -0.25) is 0 Å². The van der Waals surface area contributed by atoms with Crippen molar-refractivity contribution < 1.29 is 4.74 Å². The normalized spacial score (nSPS) is 11.4. The first-order valence-corrected chi connectivity index (χ1v) is 7.19. The fraction of sp³-hybridized carbons (Fsp3) is 0.294. The van der Waals surface area contributed by atoms with Crippen molar-refractivity contribution in [2.45, 2.75) is 24.6 Å². The summed E-state index contributed by atoms with van der Waals surface area (Å²) >= 11 is 3.68. The Morgan fingerprint density at radius 2 is 1.37 bits per heavy atom. The van der Waals surface area contributed by atoms with E-state index in [1.54, 1.807) is 7.11 Å². The minimum Gasteiger partial charge on any atom is -0.497 e. The molecule has 0 bridgehead atoms. The van der Waals surface area contributed by atoms with Crippen molar-refractivity contribution in [2.75, 3.05) is 7.11 Å². The molecule has 0 aliphatic carbocycles. The molecule has 1 nitrogen and oxygen atoms in total. The van der Waals surface area contributed by atoms with Crippen molar-refractivity contribution in [3.05, 3.63) is 54.1 Å². The molecule has 0 fully saturated rings. The Hall–Kier alpha value is -1.28. The van der Waals surface area contributed by atoms with Crippen LogP contribution in [0.1, 0.15) is 19.4 Å². The molecule has 0 aliphatic heterocycles. The Kier molecular flexibility index (Phi) is 4.31. The molecular weight excluding hydrogens is 300 g/mol. The summed E-state index contributed by atoms with van der Waals surface area (Å²) < 4.78 is 5.32. The molecule has 0 atom stereocenters. The first-order chi connectivity index (χ1) is 8.98. The van der Waals surface area contributed by atoms with Gasteiger partial charge in [-0.2, -0.15) is 0 Å². The van der Waals surface area contributed by atoms with Crippen LogP contribution in [0.2, 0.25) is 0 Å². The molecule has 0 amide bonds. The van der Waals surface area contributed by atoms with Gasteiger partial charge in [0.15, 0.2) is 0 Å². The van der Waals surface area contributed by atoms with E-state index in [2.05, 4.69) is 66.2 Å². The Bertz CT molecular complexity index is 521. The van der Waals surface area contributed by atoms with Crippen LogP contribution >= 0.6 is 15.9 Å². The van der Waals surface area contributed by atoms with Gasteiger partial charge in [0.2, 0.25) is 0 Å². The van der Waals surface area contributed by atoms with E-state index in [1.807, 2.05) is 12.1 Å². The van der Waals surface area contributed by atoms with Crippen molar-refractivity contribution >= 4 is 15.9 Å². The number of rotatable bonds is 4. The summed E-state index contributed by atoms with van der Waals surface area (Å²) in [6.45, 7) is 4.37. The smallest absolute Gasteiger partial charge is 0.118 e. The van der Waals surface area contributed by atoms with E-state index in [9.17, 15) is 0 Å². The average molecular weight is 319 g/mol. The van der Waals surface area contributed by atoms with Crippen molar-refractivity contribution in [1.29, 1.82) is 0 Å². The van der Waals surface area contributed by atoms with E-state index in [-0.39, 0.29) is 4.32 Å². The fourth-order valence-corrected chi connectivity index (χ4v) is 2.41. The minimum atomic E-state index is 0.147. The van der Waals surface area contributed by atoms with Crippen LogP contribution < -0.4 is 4.74 Å². The van der Waals surface area contributed by atoms with E-state index >= 15 is 0 Å². The van der Waals surface area contributed by atoms with Gasteiger partial charge >= 0.3 is 0 Å². The second-order valence-electron chi connectivity index (χ2n) is 5.32. The summed E-state index contributed by atoms with van der Waals surface area (Å²) in [6.07, 6.45) is 1.02. The average Bonchev–Trinajstić information content (AvgIpc) is 2.38. The topological polar surface area (TPSA) is 9.23 Å². The number of methoxy groups -OCH3 is 1. The molecule has 0 aliphatic rings. The minimum absolute atomic E-state index is 0.147. The van der Waals surface area contributed by atoms with Crippen molar-refractivity contribution in [2.24, 2.45) is 0 Å². The molecule has 0 unspecified atom stereocenters. The summed E-state index contributed by atoms with van der Waals surface area (Å²) in [7, 11) is 1.69. The molecular formula is C17H19BrO. The Morgan fingerprint density at radius 3 is 1.79 bits per heavy atom. The van der Waals surface area contributed by atoms with Gasteiger partial charge in [0.25, 0.3) is 0 Å². The molecule has 2 aromatic carbocycles. The second-order valence-corrected chi connectivity index (χ2v) is 7.47. The Morgan fingerprint density at radius 1 is 0.895 bits per heavy atom. The molecule has 19 heavy (non-hydrogen) atoms. The highest BCUT2D eigenvalue weighted by molar-refractivity contribution is 9.10. The molecule has 0 aromatic heterocycles. The van der Waals surface area contributed by atoms with Gasteiger partial charge in [-0.15, -0.1) is 0 Å². The Balaban J connectivity index is 2.17. The van der Waals surface area contributed by atoms with Crippen LogP contribution in [0.15, 0.2) is 48.5 Å². The highest BCUT2D eigenvalue weighted by atomic mass is 79.9. The van der Waals surface area contributed by atoms with Gasteiger partial charge in [0.1, 0.15) is 5.75 Å². The standard InChI is InChI=1S/C17H19BrO/c1-17(2,18)12-13-4-6-14(7-5-13)15-8-10-16(19-3)11-9-15/h4-11H,12H2,1-3H3. The van der Waals surface area contributed by atoms with Gasteiger partial charge in [-0.1, -0.05) is 52.3 Å². The maximum atomic E-state index is 5.17. The van der Waals surface area contributed by atoms with Crippen LogP contribution in [0.25, 0.3) is 11.1 Å². The molecule has 2 rings (SSSR count). The van der Waals surface area contributed by atoms with Crippen molar-refractivity contribution in [3.8, 4) is 16.9 Å². The van der Waals surface area contributed by atoms with E-state index in [0.717, 1.165) is 12.2 Å². The quantitative estimate of drug-likeness (QED) is 0.714. The molecule has 2 heteroatoms. The summed E-state index contributed by atoms with van der Waals surface area (Å²) in [5.74, 6) is 0.890.